The minimum atomic E-state index is -0.310. The lowest BCUT2D eigenvalue weighted by atomic mass is 10.0. The molecular weight excluding hydrogens is 370 g/mol. The zero-order chi connectivity index (χ0) is 19.3. The summed E-state index contributed by atoms with van der Waals surface area (Å²) < 4.78 is 1.89. The molecule has 0 bridgehead atoms. The first kappa shape index (κ1) is 18.7. The molecule has 0 saturated heterocycles. The predicted octanol–water partition coefficient (Wildman–Crippen LogP) is 4.57. The van der Waals surface area contributed by atoms with Crippen molar-refractivity contribution < 1.29 is 4.79 Å². The fraction of sp³-hybridized carbons (Fsp3) is 0.333. The van der Waals surface area contributed by atoms with Gasteiger partial charge in [0, 0.05) is 11.3 Å². The van der Waals surface area contributed by atoms with Gasteiger partial charge in [0.15, 0.2) is 0 Å². The number of benzene rings is 2. The van der Waals surface area contributed by atoms with E-state index >= 15 is 0 Å². The average Bonchev–Trinajstić information content (AvgIpc) is 3.40. The van der Waals surface area contributed by atoms with Crippen molar-refractivity contribution in [3.8, 4) is 11.1 Å². The maximum absolute atomic E-state index is 12.8. The maximum atomic E-state index is 12.8. The molecule has 1 heterocycles. The number of thioether (sulfide) groups is 1. The van der Waals surface area contributed by atoms with Crippen LogP contribution in [0.5, 0.6) is 0 Å². The Morgan fingerprint density at radius 2 is 1.82 bits per heavy atom. The number of nitrogens with zero attached hydrogens (tertiary/aromatic N) is 4. The standard InChI is InChI=1S/C21H23N5OS/c1-15(28-21-23-24-25-26(21)17-11-5-6-12-17)20(27)22-19-14-8-7-13-18(19)16-9-3-2-4-10-16/h2-4,7-10,13-15,17H,5-6,11-12H2,1H3,(H,22,27). The van der Waals surface area contributed by atoms with Gasteiger partial charge in [0.2, 0.25) is 11.1 Å². The van der Waals surface area contributed by atoms with Gasteiger partial charge in [0.05, 0.1) is 11.3 Å². The van der Waals surface area contributed by atoms with Gasteiger partial charge in [-0.05, 0) is 41.8 Å². The molecule has 0 radical (unpaired) electrons. The first-order chi connectivity index (χ1) is 13.7. The van der Waals surface area contributed by atoms with Crippen LogP contribution in [0.4, 0.5) is 5.69 Å². The predicted molar refractivity (Wildman–Crippen MR) is 111 cm³/mol. The molecule has 0 spiro atoms. The smallest absolute Gasteiger partial charge is 0.237 e. The van der Waals surface area contributed by atoms with E-state index in [1.807, 2.05) is 66.2 Å². The van der Waals surface area contributed by atoms with E-state index in [0.29, 0.717) is 11.2 Å². The molecule has 7 heteroatoms. The summed E-state index contributed by atoms with van der Waals surface area (Å²) in [6.07, 6.45) is 4.62. The second-order valence-corrected chi connectivity index (χ2v) is 8.31. The Kier molecular flexibility index (Phi) is 5.71. The third-order valence-electron chi connectivity index (χ3n) is 5.05. The van der Waals surface area contributed by atoms with E-state index in [2.05, 4.69) is 20.8 Å². The van der Waals surface area contributed by atoms with Crippen LogP contribution in [-0.4, -0.2) is 31.4 Å². The van der Waals surface area contributed by atoms with Gasteiger partial charge in [-0.3, -0.25) is 4.79 Å². The molecule has 28 heavy (non-hydrogen) atoms. The maximum Gasteiger partial charge on any atom is 0.237 e. The molecule has 2 aromatic carbocycles. The minimum absolute atomic E-state index is 0.0608. The Morgan fingerprint density at radius 1 is 1.11 bits per heavy atom. The summed E-state index contributed by atoms with van der Waals surface area (Å²) in [6, 6.07) is 18.3. The molecule has 1 unspecified atom stereocenters. The number of carbonyl (C=O) groups excluding carboxylic acids is 1. The van der Waals surface area contributed by atoms with Crippen molar-refractivity contribution in [1.82, 2.24) is 20.2 Å². The summed E-state index contributed by atoms with van der Waals surface area (Å²) in [5, 5.41) is 15.6. The number of hydrogen-bond acceptors (Lipinski definition) is 5. The Balaban J connectivity index is 1.47. The zero-order valence-corrected chi connectivity index (χ0v) is 16.6. The number of nitrogens with one attached hydrogen (secondary N) is 1. The van der Waals surface area contributed by atoms with Crippen LogP contribution in [-0.2, 0) is 4.79 Å². The van der Waals surface area contributed by atoms with Crippen molar-refractivity contribution in [2.75, 3.05) is 5.32 Å². The number of rotatable bonds is 6. The van der Waals surface area contributed by atoms with Crippen LogP contribution < -0.4 is 5.32 Å². The monoisotopic (exact) mass is 393 g/mol. The second-order valence-electron chi connectivity index (χ2n) is 7.01. The lowest BCUT2D eigenvalue weighted by molar-refractivity contribution is -0.115. The third-order valence-corrected chi connectivity index (χ3v) is 6.10. The van der Waals surface area contributed by atoms with Gasteiger partial charge in [-0.25, -0.2) is 4.68 Å². The SMILES string of the molecule is CC(Sc1nnnn1C1CCCC1)C(=O)Nc1ccccc1-c1ccccc1. The van der Waals surface area contributed by atoms with Crippen molar-refractivity contribution in [1.29, 1.82) is 0 Å². The summed E-state index contributed by atoms with van der Waals surface area (Å²) in [7, 11) is 0. The highest BCUT2D eigenvalue weighted by Gasteiger charge is 2.25. The van der Waals surface area contributed by atoms with Crippen molar-refractivity contribution in [3.05, 3.63) is 54.6 Å². The van der Waals surface area contributed by atoms with Gasteiger partial charge in [-0.1, -0.05) is 73.1 Å². The zero-order valence-electron chi connectivity index (χ0n) is 15.8. The molecule has 4 rings (SSSR count). The largest absolute Gasteiger partial charge is 0.325 e. The molecule has 1 amide bonds. The minimum Gasteiger partial charge on any atom is -0.325 e. The lowest BCUT2D eigenvalue weighted by Gasteiger charge is -2.16. The molecule has 1 aliphatic rings. The first-order valence-electron chi connectivity index (χ1n) is 9.62. The summed E-state index contributed by atoms with van der Waals surface area (Å²) in [5.74, 6) is -0.0608. The van der Waals surface area contributed by atoms with Crippen LogP contribution in [0, 0.1) is 0 Å². The van der Waals surface area contributed by atoms with E-state index in [4.69, 9.17) is 0 Å². The first-order valence-corrected chi connectivity index (χ1v) is 10.5. The fourth-order valence-corrected chi connectivity index (χ4v) is 4.41. The summed E-state index contributed by atoms with van der Waals surface area (Å²) in [6.45, 7) is 1.89. The molecule has 3 aromatic rings. The Labute approximate surface area is 168 Å². The molecular formula is C21H23N5OS. The van der Waals surface area contributed by atoms with Crippen LogP contribution in [0.2, 0.25) is 0 Å². The van der Waals surface area contributed by atoms with E-state index in [1.165, 1.54) is 24.6 Å². The number of para-hydroxylation sites is 1. The van der Waals surface area contributed by atoms with Crippen molar-refractivity contribution >= 4 is 23.4 Å². The van der Waals surface area contributed by atoms with Crippen LogP contribution in [0.25, 0.3) is 11.1 Å². The number of aromatic nitrogens is 4. The normalized spacial score (nSPS) is 15.5. The van der Waals surface area contributed by atoms with Gasteiger partial charge < -0.3 is 5.32 Å². The molecule has 1 atom stereocenters. The van der Waals surface area contributed by atoms with Crippen molar-refractivity contribution in [3.63, 3.8) is 0 Å². The molecule has 6 nitrogen and oxygen atoms in total. The number of anilines is 1. The topological polar surface area (TPSA) is 72.7 Å². The molecule has 1 aromatic heterocycles. The molecule has 1 N–H and O–H groups in total. The fourth-order valence-electron chi connectivity index (χ4n) is 3.55. The van der Waals surface area contributed by atoms with E-state index in [-0.39, 0.29) is 11.2 Å². The molecule has 1 aliphatic carbocycles. The average molecular weight is 394 g/mol. The number of tetrazole rings is 1. The third kappa shape index (κ3) is 4.09. The number of hydrogen-bond donors (Lipinski definition) is 1. The lowest BCUT2D eigenvalue weighted by Crippen LogP contribution is -2.23. The van der Waals surface area contributed by atoms with Crippen LogP contribution in [0.3, 0.4) is 0 Å². The second kappa shape index (κ2) is 8.56. The Hall–Kier alpha value is -2.67. The number of amides is 1. The molecule has 1 fully saturated rings. The summed E-state index contributed by atoms with van der Waals surface area (Å²) in [5.41, 5.74) is 2.88. The van der Waals surface area contributed by atoms with Gasteiger partial charge in [0.25, 0.3) is 0 Å². The summed E-state index contributed by atoms with van der Waals surface area (Å²) in [4.78, 5) is 12.8. The van der Waals surface area contributed by atoms with Crippen LogP contribution in [0.15, 0.2) is 59.8 Å². The Bertz CT molecular complexity index is 937. The van der Waals surface area contributed by atoms with Crippen LogP contribution >= 0.6 is 11.8 Å². The van der Waals surface area contributed by atoms with Crippen LogP contribution in [0.1, 0.15) is 38.6 Å². The van der Waals surface area contributed by atoms with Gasteiger partial charge >= 0.3 is 0 Å². The molecule has 144 valence electrons. The van der Waals surface area contributed by atoms with Gasteiger partial charge in [-0.2, -0.15) is 0 Å². The van der Waals surface area contributed by atoms with E-state index in [1.54, 1.807) is 0 Å². The number of carbonyl (C=O) groups is 1. The van der Waals surface area contributed by atoms with E-state index in [0.717, 1.165) is 29.7 Å². The highest BCUT2D eigenvalue weighted by Crippen LogP contribution is 2.33. The highest BCUT2D eigenvalue weighted by molar-refractivity contribution is 8.00. The van der Waals surface area contributed by atoms with E-state index in [9.17, 15) is 4.79 Å². The van der Waals surface area contributed by atoms with Crippen molar-refractivity contribution in [2.24, 2.45) is 0 Å². The van der Waals surface area contributed by atoms with Gasteiger partial charge in [0.1, 0.15) is 0 Å². The molecule has 1 saturated carbocycles. The summed E-state index contributed by atoms with van der Waals surface area (Å²) >= 11 is 1.41. The Morgan fingerprint density at radius 3 is 2.61 bits per heavy atom. The molecule has 0 aliphatic heterocycles. The van der Waals surface area contributed by atoms with Gasteiger partial charge in [-0.15, -0.1) is 5.10 Å². The highest BCUT2D eigenvalue weighted by atomic mass is 32.2. The van der Waals surface area contributed by atoms with E-state index < -0.39 is 0 Å². The quantitative estimate of drug-likeness (QED) is 0.621. The van der Waals surface area contributed by atoms with Crippen molar-refractivity contribution in [2.45, 2.75) is 49.1 Å².